The number of aromatic amines is 1. The van der Waals surface area contributed by atoms with Crippen LogP contribution in [-0.4, -0.2) is 33.9 Å². The van der Waals surface area contributed by atoms with Gasteiger partial charge in [0.2, 0.25) is 0 Å². The minimum Gasteiger partial charge on any atom is -0.466 e. The molecule has 0 radical (unpaired) electrons. The fourth-order valence-corrected chi connectivity index (χ4v) is 1.38. The first-order valence-electron chi connectivity index (χ1n) is 5.25. The number of pyridine rings is 1. The van der Waals surface area contributed by atoms with Gasteiger partial charge in [-0.3, -0.25) is 9.59 Å². The number of rotatable bonds is 5. The van der Waals surface area contributed by atoms with Crippen LogP contribution in [0.2, 0.25) is 0 Å². The molecule has 0 saturated carbocycles. The van der Waals surface area contributed by atoms with Crippen LogP contribution in [0.4, 0.5) is 0 Å². The van der Waals surface area contributed by atoms with Crippen molar-refractivity contribution >= 4 is 5.97 Å². The lowest BCUT2D eigenvalue weighted by molar-refractivity contribution is -0.147. The van der Waals surface area contributed by atoms with Crippen molar-refractivity contribution in [2.75, 3.05) is 6.61 Å². The molecule has 1 aromatic heterocycles. The van der Waals surface area contributed by atoms with Crippen molar-refractivity contribution in [1.82, 2.24) is 4.98 Å². The number of aliphatic hydroxyl groups excluding tert-OH is 2. The van der Waals surface area contributed by atoms with Gasteiger partial charge in [0.15, 0.2) is 0 Å². The number of ether oxygens (including phenoxy) is 1. The Kier molecular flexibility index (Phi) is 4.86. The molecule has 0 aliphatic rings. The Morgan fingerprint density at radius 2 is 2.24 bits per heavy atom. The third kappa shape index (κ3) is 3.69. The van der Waals surface area contributed by atoms with Crippen molar-refractivity contribution in [2.45, 2.75) is 25.6 Å². The fraction of sp³-hybridized carbons (Fsp3) is 0.455. The average Bonchev–Trinajstić information content (AvgIpc) is 2.29. The van der Waals surface area contributed by atoms with Crippen LogP contribution in [0.15, 0.2) is 23.1 Å². The van der Waals surface area contributed by atoms with Gasteiger partial charge in [0.1, 0.15) is 6.10 Å². The lowest BCUT2D eigenvalue weighted by atomic mass is 10.0. The summed E-state index contributed by atoms with van der Waals surface area (Å²) in [5, 5.41) is 19.3. The molecule has 0 fully saturated rings. The monoisotopic (exact) mass is 241 g/mol. The number of H-pyrrole nitrogens is 1. The third-order valence-corrected chi connectivity index (χ3v) is 2.21. The second kappa shape index (κ2) is 6.17. The molecular formula is C11H15NO5. The van der Waals surface area contributed by atoms with Gasteiger partial charge in [-0.25, -0.2) is 0 Å². The Bertz CT molecular complexity index is 428. The highest BCUT2D eigenvalue weighted by molar-refractivity contribution is 5.70. The van der Waals surface area contributed by atoms with E-state index < -0.39 is 23.7 Å². The number of carbonyl (C=O) groups excluding carboxylic acids is 1. The van der Waals surface area contributed by atoms with E-state index in [2.05, 4.69) is 9.72 Å². The number of aliphatic hydroxyl groups is 2. The molecule has 17 heavy (non-hydrogen) atoms. The second-order valence-electron chi connectivity index (χ2n) is 3.48. The van der Waals surface area contributed by atoms with E-state index in [1.807, 2.05) is 0 Å². The Labute approximate surface area is 97.9 Å². The summed E-state index contributed by atoms with van der Waals surface area (Å²) in [5.41, 5.74) is -0.479. The summed E-state index contributed by atoms with van der Waals surface area (Å²) < 4.78 is 4.63. The van der Waals surface area contributed by atoms with E-state index in [0.717, 1.165) is 0 Å². The fourth-order valence-electron chi connectivity index (χ4n) is 1.38. The molecule has 0 bridgehead atoms. The molecule has 0 aliphatic carbocycles. The predicted octanol–water partition coefficient (Wildman–Crippen LogP) is -0.278. The van der Waals surface area contributed by atoms with Crippen LogP contribution >= 0.6 is 0 Å². The highest BCUT2D eigenvalue weighted by Gasteiger charge is 2.23. The van der Waals surface area contributed by atoms with Crippen LogP contribution in [0.1, 0.15) is 25.0 Å². The van der Waals surface area contributed by atoms with E-state index in [1.54, 1.807) is 6.92 Å². The van der Waals surface area contributed by atoms with E-state index in [-0.39, 0.29) is 18.6 Å². The maximum absolute atomic E-state index is 11.3. The summed E-state index contributed by atoms with van der Waals surface area (Å²) in [6.07, 6.45) is -1.72. The lowest BCUT2D eigenvalue weighted by Crippen LogP contribution is -2.27. The van der Waals surface area contributed by atoms with Crippen molar-refractivity contribution in [3.8, 4) is 0 Å². The van der Waals surface area contributed by atoms with Gasteiger partial charge in [0.25, 0.3) is 5.56 Å². The molecule has 3 N–H and O–H groups in total. The van der Waals surface area contributed by atoms with E-state index >= 15 is 0 Å². The zero-order valence-corrected chi connectivity index (χ0v) is 9.42. The standard InChI is InChI=1S/C11H15NO5/c1-2-17-9(14)6-8(13)10(15)7-4-3-5-12-11(7)16/h3-5,8,10,13,15H,2,6H2,1H3,(H,12,16). The Balaban J connectivity index is 2.70. The van der Waals surface area contributed by atoms with Crippen LogP contribution in [0, 0.1) is 0 Å². The molecule has 94 valence electrons. The molecule has 1 heterocycles. The SMILES string of the molecule is CCOC(=O)CC(O)C(O)c1ccc[nH]c1=O. The summed E-state index contributed by atoms with van der Waals surface area (Å²) in [6, 6.07) is 2.91. The molecule has 2 unspecified atom stereocenters. The molecule has 6 nitrogen and oxygen atoms in total. The molecule has 0 saturated heterocycles. The topological polar surface area (TPSA) is 99.6 Å². The average molecular weight is 241 g/mol. The highest BCUT2D eigenvalue weighted by atomic mass is 16.5. The molecule has 2 atom stereocenters. The molecule has 0 amide bonds. The van der Waals surface area contributed by atoms with Crippen molar-refractivity contribution in [1.29, 1.82) is 0 Å². The maximum Gasteiger partial charge on any atom is 0.308 e. The van der Waals surface area contributed by atoms with Crippen molar-refractivity contribution in [3.05, 3.63) is 34.2 Å². The van der Waals surface area contributed by atoms with E-state index in [0.29, 0.717) is 0 Å². The largest absolute Gasteiger partial charge is 0.466 e. The van der Waals surface area contributed by atoms with Crippen molar-refractivity contribution < 1.29 is 19.7 Å². The smallest absolute Gasteiger partial charge is 0.308 e. The maximum atomic E-state index is 11.3. The molecule has 6 heteroatoms. The molecule has 0 aromatic carbocycles. The Morgan fingerprint density at radius 1 is 1.53 bits per heavy atom. The van der Waals surface area contributed by atoms with Gasteiger partial charge in [-0.15, -0.1) is 0 Å². The normalized spacial score (nSPS) is 14.1. The van der Waals surface area contributed by atoms with Gasteiger partial charge < -0.3 is 19.9 Å². The van der Waals surface area contributed by atoms with Crippen molar-refractivity contribution in [2.24, 2.45) is 0 Å². The summed E-state index contributed by atoms with van der Waals surface area (Å²) in [4.78, 5) is 24.8. The van der Waals surface area contributed by atoms with Crippen LogP contribution in [-0.2, 0) is 9.53 Å². The first-order valence-corrected chi connectivity index (χ1v) is 5.25. The summed E-state index contributed by atoms with van der Waals surface area (Å²) in [6.45, 7) is 1.84. The number of nitrogens with one attached hydrogen (secondary N) is 1. The van der Waals surface area contributed by atoms with E-state index in [9.17, 15) is 19.8 Å². The molecule has 1 aromatic rings. The summed E-state index contributed by atoms with van der Waals surface area (Å²) in [7, 11) is 0. The van der Waals surface area contributed by atoms with Crippen molar-refractivity contribution in [3.63, 3.8) is 0 Å². The van der Waals surface area contributed by atoms with Crippen LogP contribution < -0.4 is 5.56 Å². The summed E-state index contributed by atoms with van der Waals surface area (Å²) in [5.74, 6) is -0.619. The first kappa shape index (κ1) is 13.4. The number of carbonyl (C=O) groups is 1. The quantitative estimate of drug-likeness (QED) is 0.616. The number of hydrogen-bond acceptors (Lipinski definition) is 5. The first-order chi connectivity index (χ1) is 8.06. The number of hydrogen-bond donors (Lipinski definition) is 3. The minimum absolute atomic E-state index is 0.0179. The molecule has 1 rings (SSSR count). The van der Waals surface area contributed by atoms with Crippen LogP contribution in [0.3, 0.4) is 0 Å². The van der Waals surface area contributed by atoms with E-state index in [4.69, 9.17) is 0 Å². The summed E-state index contributed by atoms with van der Waals surface area (Å²) >= 11 is 0. The van der Waals surface area contributed by atoms with Crippen LogP contribution in [0.5, 0.6) is 0 Å². The van der Waals surface area contributed by atoms with Gasteiger partial charge in [-0.2, -0.15) is 0 Å². The van der Waals surface area contributed by atoms with Gasteiger partial charge >= 0.3 is 5.97 Å². The van der Waals surface area contributed by atoms with Gasteiger partial charge in [0, 0.05) is 11.8 Å². The Morgan fingerprint density at radius 3 is 2.82 bits per heavy atom. The molecular weight excluding hydrogens is 226 g/mol. The highest BCUT2D eigenvalue weighted by Crippen LogP contribution is 2.15. The van der Waals surface area contributed by atoms with Gasteiger partial charge in [0.05, 0.1) is 19.1 Å². The Hall–Kier alpha value is -1.66. The lowest BCUT2D eigenvalue weighted by Gasteiger charge is -2.16. The molecule has 0 aliphatic heterocycles. The van der Waals surface area contributed by atoms with Gasteiger partial charge in [-0.05, 0) is 19.1 Å². The van der Waals surface area contributed by atoms with Crippen LogP contribution in [0.25, 0.3) is 0 Å². The predicted molar refractivity (Wildman–Crippen MR) is 59.3 cm³/mol. The zero-order chi connectivity index (χ0) is 12.8. The van der Waals surface area contributed by atoms with Gasteiger partial charge in [-0.1, -0.05) is 0 Å². The number of esters is 1. The second-order valence-corrected chi connectivity index (χ2v) is 3.48. The minimum atomic E-state index is -1.41. The zero-order valence-electron chi connectivity index (χ0n) is 9.42. The third-order valence-electron chi connectivity index (χ3n) is 2.21. The number of aromatic nitrogens is 1. The molecule has 0 spiro atoms. The van der Waals surface area contributed by atoms with E-state index in [1.165, 1.54) is 18.3 Å².